The van der Waals surface area contributed by atoms with E-state index in [1.54, 1.807) is 41.8 Å². The molecule has 114 valence electrons. The van der Waals surface area contributed by atoms with Gasteiger partial charge in [0, 0.05) is 18.2 Å². The summed E-state index contributed by atoms with van der Waals surface area (Å²) in [5.74, 6) is -1.39. The van der Waals surface area contributed by atoms with Crippen molar-refractivity contribution in [3.8, 4) is 5.75 Å². The number of aromatic hydroxyl groups is 1. The first-order valence-electron chi connectivity index (χ1n) is 6.55. The number of fused-ring (bicyclic) bond motifs is 3. The Labute approximate surface area is 132 Å². The Hall–Kier alpha value is -2.40. The number of pyridine rings is 2. The van der Waals surface area contributed by atoms with Crippen LogP contribution in [0.3, 0.4) is 0 Å². The zero-order valence-electron chi connectivity index (χ0n) is 11.7. The van der Waals surface area contributed by atoms with Gasteiger partial charge >= 0.3 is 5.97 Å². The molecule has 0 bridgehead atoms. The Morgan fingerprint density at radius 2 is 2.05 bits per heavy atom. The monoisotopic (exact) mass is 321 g/mol. The fourth-order valence-corrected chi connectivity index (χ4v) is 2.43. The van der Waals surface area contributed by atoms with Gasteiger partial charge in [0.15, 0.2) is 17.5 Å². The van der Waals surface area contributed by atoms with E-state index in [2.05, 4.69) is 0 Å². The van der Waals surface area contributed by atoms with Crippen molar-refractivity contribution in [3.05, 3.63) is 54.0 Å². The lowest BCUT2D eigenvalue weighted by Gasteiger charge is -2.07. The summed E-state index contributed by atoms with van der Waals surface area (Å²) < 4.78 is 20.2. The van der Waals surface area contributed by atoms with Gasteiger partial charge in [-0.05, 0) is 25.1 Å². The number of carbonyl (C=O) groups excluding carboxylic acids is 1. The first-order valence-corrected chi connectivity index (χ1v) is 6.55. The third kappa shape index (κ3) is 2.44. The van der Waals surface area contributed by atoms with E-state index < -0.39 is 11.8 Å². The number of aromatic nitrogens is 1. The van der Waals surface area contributed by atoms with Crippen LogP contribution in [-0.2, 0) is 4.74 Å². The van der Waals surface area contributed by atoms with Gasteiger partial charge in [0.25, 0.3) is 0 Å². The molecule has 0 aliphatic rings. The second-order valence-electron chi connectivity index (χ2n) is 4.56. The molecule has 3 aromatic rings. The molecule has 1 aromatic carbocycles. The molecule has 0 saturated heterocycles. The Morgan fingerprint density at radius 1 is 1.27 bits per heavy atom. The van der Waals surface area contributed by atoms with Crippen molar-refractivity contribution in [2.45, 2.75) is 6.92 Å². The zero-order valence-corrected chi connectivity index (χ0v) is 12.5. The van der Waals surface area contributed by atoms with Crippen LogP contribution in [-0.4, -0.2) is 17.7 Å². The molecule has 1 N–H and O–H groups in total. The van der Waals surface area contributed by atoms with Crippen LogP contribution < -0.4 is 16.8 Å². The third-order valence-corrected chi connectivity index (χ3v) is 3.31. The van der Waals surface area contributed by atoms with E-state index in [1.165, 1.54) is 12.1 Å². The number of hydrogen-bond donors (Lipinski definition) is 1. The first kappa shape index (κ1) is 16.0. The summed E-state index contributed by atoms with van der Waals surface area (Å²) in [5, 5.41) is 10.7. The van der Waals surface area contributed by atoms with Crippen LogP contribution in [0.15, 0.2) is 42.6 Å². The van der Waals surface area contributed by atoms with Gasteiger partial charge in [-0.25, -0.2) is 9.18 Å². The fraction of sp³-hybridized carbons (Fsp3) is 0.125. The molecule has 6 heteroatoms. The normalized spacial score (nSPS) is 10.5. The molecule has 0 radical (unpaired) electrons. The van der Waals surface area contributed by atoms with Gasteiger partial charge in [0.05, 0.1) is 12.0 Å². The summed E-state index contributed by atoms with van der Waals surface area (Å²) in [4.78, 5) is 12.1. The second kappa shape index (κ2) is 6.15. The van der Waals surface area contributed by atoms with Crippen LogP contribution >= 0.6 is 0 Å². The van der Waals surface area contributed by atoms with Crippen molar-refractivity contribution in [2.75, 3.05) is 6.61 Å². The number of ether oxygens (including phenoxy) is 1. The summed E-state index contributed by atoms with van der Waals surface area (Å²) in [6, 6.07) is 9.33. The maximum absolute atomic E-state index is 13.5. The van der Waals surface area contributed by atoms with Crippen molar-refractivity contribution < 1.29 is 35.8 Å². The van der Waals surface area contributed by atoms with Gasteiger partial charge in [0.1, 0.15) is 5.82 Å². The van der Waals surface area contributed by atoms with E-state index in [-0.39, 0.29) is 35.7 Å². The maximum atomic E-state index is 13.5. The SMILES string of the molecule is CCOC(=O)c1c(O)c2cc(F)ccc2[n+]2ccccc12.[Cl-]. The lowest BCUT2D eigenvalue weighted by Crippen LogP contribution is -3.00. The standard InChI is InChI=1S/C16H12FNO3.ClH/c1-2-21-16(20)14-13-5-3-4-8-18(13)12-7-6-10(17)9-11(12)15(14)19;/h3-9H,2H2,1H3;1H. The molecule has 0 spiro atoms. The highest BCUT2D eigenvalue weighted by molar-refractivity contribution is 6.04. The van der Waals surface area contributed by atoms with Gasteiger partial charge in [-0.3, -0.25) is 0 Å². The van der Waals surface area contributed by atoms with E-state index in [9.17, 15) is 14.3 Å². The van der Waals surface area contributed by atoms with Crippen molar-refractivity contribution in [2.24, 2.45) is 0 Å². The zero-order chi connectivity index (χ0) is 15.0. The van der Waals surface area contributed by atoms with Crippen LogP contribution in [0.1, 0.15) is 17.3 Å². The number of benzene rings is 1. The average molecular weight is 322 g/mol. The highest BCUT2D eigenvalue weighted by atomic mass is 35.5. The summed E-state index contributed by atoms with van der Waals surface area (Å²) >= 11 is 0. The topological polar surface area (TPSA) is 50.6 Å². The van der Waals surface area contributed by atoms with Crippen LogP contribution in [0, 0.1) is 5.82 Å². The molecule has 22 heavy (non-hydrogen) atoms. The van der Waals surface area contributed by atoms with E-state index in [0.29, 0.717) is 11.0 Å². The third-order valence-electron chi connectivity index (χ3n) is 3.31. The Kier molecular flexibility index (Phi) is 4.47. The number of esters is 1. The summed E-state index contributed by atoms with van der Waals surface area (Å²) in [5.41, 5.74) is 1.15. The molecular formula is C16H13ClFNO3. The van der Waals surface area contributed by atoms with E-state index in [1.807, 2.05) is 0 Å². The average Bonchev–Trinajstić information content (AvgIpc) is 2.48. The quantitative estimate of drug-likeness (QED) is 0.397. The molecule has 3 rings (SSSR count). The smallest absolute Gasteiger partial charge is 0.348 e. The molecule has 2 aromatic heterocycles. The van der Waals surface area contributed by atoms with E-state index in [0.717, 1.165) is 0 Å². The summed E-state index contributed by atoms with van der Waals surface area (Å²) in [6.07, 6.45) is 1.75. The number of halogens is 2. The summed E-state index contributed by atoms with van der Waals surface area (Å²) in [7, 11) is 0. The second-order valence-corrected chi connectivity index (χ2v) is 4.56. The Bertz CT molecular complexity index is 867. The van der Waals surface area contributed by atoms with Crippen LogP contribution in [0.2, 0.25) is 0 Å². The van der Waals surface area contributed by atoms with Crippen LogP contribution in [0.4, 0.5) is 4.39 Å². The molecule has 0 aliphatic heterocycles. The van der Waals surface area contributed by atoms with Crippen molar-refractivity contribution in [1.82, 2.24) is 0 Å². The Balaban J connectivity index is 0.00000176. The molecular weight excluding hydrogens is 309 g/mol. The van der Waals surface area contributed by atoms with E-state index >= 15 is 0 Å². The number of rotatable bonds is 2. The number of nitrogens with zero attached hydrogens (tertiary/aromatic N) is 1. The van der Waals surface area contributed by atoms with Crippen LogP contribution in [0.5, 0.6) is 5.75 Å². The maximum Gasteiger partial charge on any atom is 0.348 e. The van der Waals surface area contributed by atoms with Crippen molar-refractivity contribution >= 4 is 22.4 Å². The predicted octanol–water partition coefficient (Wildman–Crippen LogP) is -0.396. The number of hydrogen-bond acceptors (Lipinski definition) is 3. The van der Waals surface area contributed by atoms with Gasteiger partial charge in [-0.15, -0.1) is 0 Å². The van der Waals surface area contributed by atoms with Gasteiger partial charge in [0.2, 0.25) is 11.0 Å². The van der Waals surface area contributed by atoms with Gasteiger partial charge in [-0.1, -0.05) is 0 Å². The molecule has 0 amide bonds. The molecule has 0 unspecified atom stereocenters. The predicted molar refractivity (Wildman–Crippen MR) is 74.7 cm³/mol. The highest BCUT2D eigenvalue weighted by Crippen LogP contribution is 2.30. The molecule has 0 aliphatic carbocycles. The number of carbonyl (C=O) groups is 1. The summed E-state index contributed by atoms with van der Waals surface area (Å²) in [6.45, 7) is 1.88. The minimum absolute atomic E-state index is 0. The fourth-order valence-electron chi connectivity index (χ4n) is 2.43. The minimum Gasteiger partial charge on any atom is -1.00 e. The molecule has 0 fully saturated rings. The van der Waals surface area contributed by atoms with Gasteiger partial charge < -0.3 is 22.3 Å². The molecule has 2 heterocycles. The molecule has 4 nitrogen and oxygen atoms in total. The van der Waals surface area contributed by atoms with Crippen LogP contribution in [0.25, 0.3) is 16.4 Å². The lowest BCUT2D eigenvalue weighted by molar-refractivity contribution is -0.481. The van der Waals surface area contributed by atoms with Crippen molar-refractivity contribution in [3.63, 3.8) is 0 Å². The minimum atomic E-state index is -0.634. The first-order chi connectivity index (χ1) is 10.1. The Morgan fingerprint density at radius 3 is 2.77 bits per heavy atom. The van der Waals surface area contributed by atoms with E-state index in [4.69, 9.17) is 4.74 Å². The van der Waals surface area contributed by atoms with Crippen molar-refractivity contribution in [1.29, 1.82) is 0 Å². The lowest BCUT2D eigenvalue weighted by atomic mass is 10.1. The van der Waals surface area contributed by atoms with Gasteiger partial charge in [-0.2, -0.15) is 4.40 Å². The highest BCUT2D eigenvalue weighted by Gasteiger charge is 2.26. The molecule has 0 saturated carbocycles. The molecule has 0 atom stereocenters. The largest absolute Gasteiger partial charge is 1.00 e.